The predicted molar refractivity (Wildman–Crippen MR) is 47.4 cm³/mol. The summed E-state index contributed by atoms with van der Waals surface area (Å²) in [6.07, 6.45) is 1.23. The van der Waals surface area contributed by atoms with Crippen LogP contribution in [0.3, 0.4) is 0 Å². The first-order chi connectivity index (χ1) is 6.24. The van der Waals surface area contributed by atoms with Gasteiger partial charge in [-0.3, -0.25) is 5.41 Å². The highest BCUT2D eigenvalue weighted by Gasteiger charge is 2.10. The maximum Gasteiger partial charge on any atom is 0.170 e. The molecule has 0 heterocycles. The highest BCUT2D eigenvalue weighted by Crippen LogP contribution is 2.17. The molecule has 0 radical (unpaired) electrons. The highest BCUT2D eigenvalue weighted by atomic mass is 14.6. The SMILES string of the molecule is N#Cc1ccc(N)c(C=[NH2+])c1C#N. The predicted octanol–water partition coefficient (Wildman–Crippen LogP) is -0.810. The molecular formula is C9H7N4+. The van der Waals surface area contributed by atoms with E-state index in [9.17, 15) is 0 Å². The molecule has 62 valence electrons. The lowest BCUT2D eigenvalue weighted by Crippen LogP contribution is -2.31. The Balaban J connectivity index is 3.59. The minimum atomic E-state index is 0.227. The molecule has 0 saturated heterocycles. The van der Waals surface area contributed by atoms with Gasteiger partial charge in [-0.1, -0.05) is 0 Å². The minimum absolute atomic E-state index is 0.227. The molecule has 1 rings (SSSR count). The zero-order valence-corrected chi connectivity index (χ0v) is 6.78. The van der Waals surface area contributed by atoms with Gasteiger partial charge in [-0.15, -0.1) is 0 Å². The van der Waals surface area contributed by atoms with Crippen LogP contribution in [0.25, 0.3) is 0 Å². The third-order valence-electron chi connectivity index (χ3n) is 1.68. The molecule has 0 saturated carbocycles. The number of benzene rings is 1. The van der Waals surface area contributed by atoms with E-state index in [1.807, 2.05) is 12.1 Å². The molecule has 1 aromatic carbocycles. The number of hydrogen-bond donors (Lipinski definition) is 2. The Morgan fingerprint density at radius 2 is 2.00 bits per heavy atom. The summed E-state index contributed by atoms with van der Waals surface area (Å²) in [6, 6.07) is 6.84. The van der Waals surface area contributed by atoms with E-state index < -0.39 is 0 Å². The average molecular weight is 171 g/mol. The summed E-state index contributed by atoms with van der Waals surface area (Å²) in [5, 5.41) is 22.7. The molecule has 0 aliphatic carbocycles. The monoisotopic (exact) mass is 171 g/mol. The Morgan fingerprint density at radius 1 is 1.31 bits per heavy atom. The third kappa shape index (κ3) is 1.33. The van der Waals surface area contributed by atoms with Gasteiger partial charge in [-0.25, -0.2) is 0 Å². The molecule has 0 atom stereocenters. The molecule has 13 heavy (non-hydrogen) atoms. The fourth-order valence-electron chi connectivity index (χ4n) is 1.03. The fourth-order valence-corrected chi connectivity index (χ4v) is 1.03. The lowest BCUT2D eigenvalue weighted by Gasteiger charge is -2.00. The van der Waals surface area contributed by atoms with E-state index >= 15 is 0 Å². The van der Waals surface area contributed by atoms with Crippen molar-refractivity contribution in [3.63, 3.8) is 0 Å². The van der Waals surface area contributed by atoms with E-state index in [4.69, 9.17) is 21.7 Å². The standard InChI is InChI=1S/C9H6N4/c10-3-6-1-2-9(13)8(5-12)7(6)4-11/h1-2,5,12H,13H2/p+1. The van der Waals surface area contributed by atoms with Crippen LogP contribution in [0.15, 0.2) is 12.1 Å². The summed E-state index contributed by atoms with van der Waals surface area (Å²) in [4.78, 5) is 0. The number of nitrogens with two attached hydrogens (primary N) is 2. The maximum absolute atomic E-state index is 8.75. The van der Waals surface area contributed by atoms with Crippen molar-refractivity contribution in [2.45, 2.75) is 0 Å². The molecule has 0 spiro atoms. The molecule has 4 N–H and O–H groups in total. The first-order valence-electron chi connectivity index (χ1n) is 3.52. The average Bonchev–Trinajstić information content (AvgIpc) is 2.17. The Morgan fingerprint density at radius 3 is 2.46 bits per heavy atom. The van der Waals surface area contributed by atoms with E-state index in [-0.39, 0.29) is 11.1 Å². The van der Waals surface area contributed by atoms with Crippen molar-refractivity contribution in [1.82, 2.24) is 0 Å². The van der Waals surface area contributed by atoms with Gasteiger partial charge in [0.25, 0.3) is 0 Å². The van der Waals surface area contributed by atoms with Crippen molar-refractivity contribution in [2.24, 2.45) is 0 Å². The summed E-state index contributed by atoms with van der Waals surface area (Å²) in [6.45, 7) is 0. The van der Waals surface area contributed by atoms with Gasteiger partial charge in [0.15, 0.2) is 6.21 Å². The van der Waals surface area contributed by atoms with Gasteiger partial charge in [0, 0.05) is 5.69 Å². The van der Waals surface area contributed by atoms with Gasteiger partial charge >= 0.3 is 0 Å². The third-order valence-corrected chi connectivity index (χ3v) is 1.68. The Labute approximate surface area is 75.3 Å². The number of anilines is 1. The van der Waals surface area contributed by atoms with Crippen LogP contribution in [0.4, 0.5) is 5.69 Å². The van der Waals surface area contributed by atoms with Gasteiger partial charge < -0.3 is 5.73 Å². The van der Waals surface area contributed by atoms with Gasteiger partial charge in [-0.05, 0) is 12.1 Å². The van der Waals surface area contributed by atoms with Crippen LogP contribution in [0, 0.1) is 22.7 Å². The second-order valence-corrected chi connectivity index (χ2v) is 2.38. The van der Waals surface area contributed by atoms with Crippen LogP contribution in [-0.4, -0.2) is 6.21 Å². The second-order valence-electron chi connectivity index (χ2n) is 2.38. The smallest absolute Gasteiger partial charge is 0.170 e. The fraction of sp³-hybridized carbons (Fsp3) is 0. The first kappa shape index (κ1) is 8.76. The molecule has 0 fully saturated rings. The van der Waals surface area contributed by atoms with Crippen molar-refractivity contribution < 1.29 is 5.41 Å². The second kappa shape index (κ2) is 3.38. The molecule has 4 nitrogen and oxygen atoms in total. The zero-order chi connectivity index (χ0) is 9.84. The summed E-state index contributed by atoms with van der Waals surface area (Å²) in [5.74, 6) is 0. The first-order valence-corrected chi connectivity index (χ1v) is 3.52. The van der Waals surface area contributed by atoms with Gasteiger partial charge in [0.1, 0.15) is 12.1 Å². The van der Waals surface area contributed by atoms with Crippen LogP contribution in [0.5, 0.6) is 0 Å². The molecule has 0 amide bonds. The van der Waals surface area contributed by atoms with Gasteiger partial charge in [0.05, 0.1) is 16.7 Å². The molecule has 0 aliphatic rings. The van der Waals surface area contributed by atoms with E-state index in [0.717, 1.165) is 0 Å². The molecule has 0 aromatic heterocycles. The Hall–Kier alpha value is -2.33. The molecule has 4 heteroatoms. The zero-order valence-electron chi connectivity index (χ0n) is 6.78. The Kier molecular flexibility index (Phi) is 2.28. The van der Waals surface area contributed by atoms with Crippen molar-refractivity contribution >= 4 is 11.9 Å². The van der Waals surface area contributed by atoms with Crippen LogP contribution in [0.2, 0.25) is 0 Å². The number of nitrogens with zero attached hydrogens (tertiary/aromatic N) is 2. The maximum atomic E-state index is 8.75. The van der Waals surface area contributed by atoms with Crippen molar-refractivity contribution in [3.05, 3.63) is 28.8 Å². The van der Waals surface area contributed by atoms with Gasteiger partial charge in [-0.2, -0.15) is 10.5 Å². The van der Waals surface area contributed by atoms with E-state index in [0.29, 0.717) is 11.3 Å². The molecule has 0 bridgehead atoms. The van der Waals surface area contributed by atoms with Crippen LogP contribution >= 0.6 is 0 Å². The number of nitriles is 2. The molecule has 0 unspecified atom stereocenters. The lowest BCUT2D eigenvalue weighted by atomic mass is 10.0. The molecule has 1 aromatic rings. The summed E-state index contributed by atoms with van der Waals surface area (Å²) < 4.78 is 0. The highest BCUT2D eigenvalue weighted by molar-refractivity contribution is 5.88. The van der Waals surface area contributed by atoms with Crippen LogP contribution in [0.1, 0.15) is 16.7 Å². The van der Waals surface area contributed by atoms with Crippen molar-refractivity contribution in [3.8, 4) is 12.1 Å². The molecule has 0 aliphatic heterocycles. The van der Waals surface area contributed by atoms with Gasteiger partial charge in [0.2, 0.25) is 0 Å². The normalized spacial score (nSPS) is 8.46. The van der Waals surface area contributed by atoms with Crippen molar-refractivity contribution in [1.29, 1.82) is 10.5 Å². The van der Waals surface area contributed by atoms with E-state index in [1.54, 1.807) is 6.07 Å². The largest absolute Gasteiger partial charge is 0.398 e. The van der Waals surface area contributed by atoms with Crippen molar-refractivity contribution in [2.75, 3.05) is 5.73 Å². The topological polar surface area (TPSA) is 99.2 Å². The van der Waals surface area contributed by atoms with Crippen LogP contribution in [-0.2, 0) is 0 Å². The summed E-state index contributed by atoms with van der Waals surface area (Å²) in [7, 11) is 0. The number of rotatable bonds is 1. The Bertz CT molecular complexity index is 434. The number of nitrogen functional groups attached to an aromatic ring is 1. The summed E-state index contributed by atoms with van der Waals surface area (Å²) >= 11 is 0. The van der Waals surface area contributed by atoms with Crippen LogP contribution < -0.4 is 11.1 Å². The quantitative estimate of drug-likeness (QED) is 0.427. The van der Waals surface area contributed by atoms with E-state index in [2.05, 4.69) is 0 Å². The van der Waals surface area contributed by atoms with E-state index in [1.165, 1.54) is 12.3 Å². The molecular weight excluding hydrogens is 164 g/mol. The minimum Gasteiger partial charge on any atom is -0.398 e. The number of hydrogen-bond acceptors (Lipinski definition) is 3. The summed E-state index contributed by atoms with van der Waals surface area (Å²) in [5.41, 5.74) is 6.89. The lowest BCUT2D eigenvalue weighted by molar-refractivity contribution is -0.104.